The monoisotopic (exact) mass is 439 g/mol. The number of hydrogen-bond acceptors (Lipinski definition) is 4. The third kappa shape index (κ3) is 11.4. The van der Waals surface area contributed by atoms with E-state index in [-0.39, 0.29) is 31.1 Å². The predicted octanol–water partition coefficient (Wildman–Crippen LogP) is 7.24. The Balaban J connectivity index is 2.52. The number of methoxy groups -OCH3 is 1. The summed E-state index contributed by atoms with van der Waals surface area (Å²) in [5, 5.41) is 0. The quantitative estimate of drug-likeness (QED) is 0.144. The number of hydrogen-bond donors (Lipinski definition) is 0. The lowest BCUT2D eigenvalue weighted by Gasteiger charge is -2.35. The predicted molar refractivity (Wildman–Crippen MR) is 128 cm³/mol. The third-order valence-corrected chi connectivity index (χ3v) is 6.02. The maximum Gasteiger partial charge on any atom is 0.411 e. The zero-order valence-electron chi connectivity index (χ0n) is 21.0. The molecule has 3 atom stereocenters. The van der Waals surface area contributed by atoms with Crippen LogP contribution in [0.5, 0.6) is 0 Å². The summed E-state index contributed by atoms with van der Waals surface area (Å²) in [5.74, 6) is 0. The van der Waals surface area contributed by atoms with Gasteiger partial charge < -0.3 is 14.2 Å². The highest BCUT2D eigenvalue weighted by Crippen LogP contribution is 2.32. The van der Waals surface area contributed by atoms with Crippen LogP contribution in [0.3, 0.4) is 0 Å². The number of nitrogens with zero attached hydrogens (tertiary/aromatic N) is 1. The number of likely N-dealkylation sites (tertiary alicyclic amines) is 1. The van der Waals surface area contributed by atoms with Crippen molar-refractivity contribution in [3.8, 4) is 0 Å². The molecule has 0 aliphatic carbocycles. The number of carbonyl (C=O) groups is 1. The van der Waals surface area contributed by atoms with E-state index < -0.39 is 5.60 Å². The molecular weight excluding hydrogens is 390 g/mol. The lowest BCUT2D eigenvalue weighted by Crippen LogP contribution is -2.49. The topological polar surface area (TPSA) is 48.0 Å². The van der Waals surface area contributed by atoms with Crippen molar-refractivity contribution in [3.63, 3.8) is 0 Å². The Bertz CT molecular complexity index is 488. The Kier molecular flexibility index (Phi) is 14.1. The van der Waals surface area contributed by atoms with Gasteiger partial charge in [0.05, 0.1) is 18.2 Å². The molecule has 0 aromatic rings. The minimum atomic E-state index is -0.518. The van der Waals surface area contributed by atoms with Crippen molar-refractivity contribution in [2.24, 2.45) is 0 Å². The second-order valence-corrected chi connectivity index (χ2v) is 9.92. The van der Waals surface area contributed by atoms with E-state index in [4.69, 9.17) is 14.2 Å². The second-order valence-electron chi connectivity index (χ2n) is 9.92. The first-order valence-electron chi connectivity index (χ1n) is 12.6. The van der Waals surface area contributed by atoms with E-state index >= 15 is 0 Å². The highest BCUT2D eigenvalue weighted by Gasteiger charge is 2.42. The summed E-state index contributed by atoms with van der Waals surface area (Å²) in [7, 11) is 1.64. The SMILES string of the molecule is C=C[C@@H]1CC[C@H]([C@@H](CCCCCCCCCCCC)OCOC)N1C(=O)OC(C)(C)C. The average molecular weight is 440 g/mol. The van der Waals surface area contributed by atoms with Crippen LogP contribution < -0.4 is 0 Å². The molecule has 1 aliphatic heterocycles. The van der Waals surface area contributed by atoms with Gasteiger partial charge in [-0.05, 0) is 40.0 Å². The number of rotatable bonds is 16. The van der Waals surface area contributed by atoms with Gasteiger partial charge >= 0.3 is 6.09 Å². The summed E-state index contributed by atoms with van der Waals surface area (Å²) in [4.78, 5) is 14.8. The average Bonchev–Trinajstić information content (AvgIpc) is 3.14. The van der Waals surface area contributed by atoms with Crippen LogP contribution in [0.25, 0.3) is 0 Å². The van der Waals surface area contributed by atoms with Crippen molar-refractivity contribution in [2.45, 2.75) is 135 Å². The lowest BCUT2D eigenvalue weighted by molar-refractivity contribution is -0.0993. The zero-order chi connectivity index (χ0) is 23.1. The summed E-state index contributed by atoms with van der Waals surface area (Å²) in [5.41, 5.74) is -0.518. The van der Waals surface area contributed by atoms with Crippen LogP contribution in [-0.2, 0) is 14.2 Å². The van der Waals surface area contributed by atoms with Crippen molar-refractivity contribution in [1.29, 1.82) is 0 Å². The standard InChI is InChI=1S/C26H49NO4/c1-7-9-10-11-12-13-14-15-16-17-18-24(30-21-29-6)23-20-19-22(8-2)27(23)25(28)31-26(3,4)5/h8,22-24H,2,7,9-21H2,1,3-6H3/t22-,23-,24-/m1/s1. The van der Waals surface area contributed by atoms with Crippen LogP contribution in [0.15, 0.2) is 12.7 Å². The molecular formula is C26H49NO4. The van der Waals surface area contributed by atoms with Gasteiger partial charge in [0.1, 0.15) is 12.4 Å². The van der Waals surface area contributed by atoms with Gasteiger partial charge in [-0.15, -0.1) is 6.58 Å². The van der Waals surface area contributed by atoms with E-state index in [9.17, 15) is 4.79 Å². The molecule has 182 valence electrons. The third-order valence-electron chi connectivity index (χ3n) is 6.02. The van der Waals surface area contributed by atoms with Crippen molar-refractivity contribution in [2.75, 3.05) is 13.9 Å². The molecule has 1 heterocycles. The van der Waals surface area contributed by atoms with Gasteiger partial charge in [0, 0.05) is 7.11 Å². The van der Waals surface area contributed by atoms with Crippen LogP contribution in [0.1, 0.15) is 111 Å². The van der Waals surface area contributed by atoms with Crippen LogP contribution in [0.4, 0.5) is 4.79 Å². The zero-order valence-corrected chi connectivity index (χ0v) is 21.0. The van der Waals surface area contributed by atoms with Crippen molar-refractivity contribution in [3.05, 3.63) is 12.7 Å². The smallest absolute Gasteiger partial charge is 0.411 e. The molecule has 1 rings (SSSR count). The maximum absolute atomic E-state index is 12.9. The molecule has 0 aromatic heterocycles. The van der Waals surface area contributed by atoms with Crippen LogP contribution in [-0.4, -0.2) is 48.7 Å². The largest absolute Gasteiger partial charge is 0.444 e. The molecule has 31 heavy (non-hydrogen) atoms. The van der Waals surface area contributed by atoms with E-state index in [1.807, 2.05) is 31.7 Å². The first-order chi connectivity index (χ1) is 14.8. The minimum Gasteiger partial charge on any atom is -0.444 e. The normalized spacial score (nSPS) is 20.1. The molecule has 0 unspecified atom stereocenters. The maximum atomic E-state index is 12.9. The summed E-state index contributed by atoms with van der Waals surface area (Å²) in [6.45, 7) is 12.2. The fraction of sp³-hybridized carbons (Fsp3) is 0.885. The highest BCUT2D eigenvalue weighted by molar-refractivity contribution is 5.70. The van der Waals surface area contributed by atoms with E-state index in [1.54, 1.807) is 7.11 Å². The van der Waals surface area contributed by atoms with Gasteiger partial charge in [0.15, 0.2) is 0 Å². The van der Waals surface area contributed by atoms with E-state index in [0.717, 1.165) is 25.7 Å². The molecule has 1 saturated heterocycles. The van der Waals surface area contributed by atoms with E-state index in [0.29, 0.717) is 0 Å². The number of unbranched alkanes of at least 4 members (excludes halogenated alkanes) is 9. The van der Waals surface area contributed by atoms with E-state index in [2.05, 4.69) is 13.5 Å². The van der Waals surface area contributed by atoms with Gasteiger partial charge in [-0.2, -0.15) is 0 Å². The molecule has 0 spiro atoms. The Morgan fingerprint density at radius 1 is 1.03 bits per heavy atom. The summed E-state index contributed by atoms with van der Waals surface area (Å²) in [6, 6.07) is 0.00719. The number of ether oxygens (including phenoxy) is 3. The molecule has 1 fully saturated rings. The molecule has 0 radical (unpaired) electrons. The Labute approximate surface area is 191 Å². The van der Waals surface area contributed by atoms with E-state index in [1.165, 1.54) is 57.8 Å². The summed E-state index contributed by atoms with van der Waals surface area (Å²) >= 11 is 0. The van der Waals surface area contributed by atoms with Gasteiger partial charge in [0.2, 0.25) is 0 Å². The molecule has 5 heteroatoms. The number of carbonyl (C=O) groups excluding carboxylic acids is 1. The second kappa shape index (κ2) is 15.7. The highest BCUT2D eigenvalue weighted by atomic mass is 16.7. The molecule has 1 aliphatic rings. The van der Waals surface area contributed by atoms with Crippen LogP contribution in [0.2, 0.25) is 0 Å². The molecule has 0 bridgehead atoms. The summed E-state index contributed by atoms with van der Waals surface area (Å²) in [6.07, 6.45) is 17.4. The first kappa shape index (κ1) is 28.0. The van der Waals surface area contributed by atoms with Crippen molar-refractivity contribution in [1.82, 2.24) is 4.90 Å². The lowest BCUT2D eigenvalue weighted by atomic mass is 10.00. The first-order valence-corrected chi connectivity index (χ1v) is 12.6. The Morgan fingerprint density at radius 3 is 2.13 bits per heavy atom. The van der Waals surface area contributed by atoms with Gasteiger partial charge in [0.25, 0.3) is 0 Å². The fourth-order valence-electron chi connectivity index (χ4n) is 4.42. The van der Waals surface area contributed by atoms with Crippen LogP contribution in [0, 0.1) is 0 Å². The summed E-state index contributed by atoms with van der Waals surface area (Å²) < 4.78 is 16.9. The van der Waals surface area contributed by atoms with Gasteiger partial charge in [-0.1, -0.05) is 77.2 Å². The molecule has 0 saturated carbocycles. The fourth-order valence-corrected chi connectivity index (χ4v) is 4.42. The van der Waals surface area contributed by atoms with Crippen LogP contribution >= 0.6 is 0 Å². The molecule has 0 aromatic carbocycles. The van der Waals surface area contributed by atoms with Gasteiger partial charge in [-0.25, -0.2) is 4.79 Å². The minimum absolute atomic E-state index is 0.00111. The molecule has 0 N–H and O–H groups in total. The van der Waals surface area contributed by atoms with Gasteiger partial charge in [-0.3, -0.25) is 4.90 Å². The van der Waals surface area contributed by atoms with Crippen molar-refractivity contribution >= 4 is 6.09 Å². The Morgan fingerprint density at radius 2 is 1.61 bits per heavy atom. The Hall–Kier alpha value is -1.07. The molecule has 1 amide bonds. The van der Waals surface area contributed by atoms with Crippen molar-refractivity contribution < 1.29 is 19.0 Å². The number of amides is 1. The molecule has 5 nitrogen and oxygen atoms in total.